The molecule has 1 fully saturated rings. The number of aromatic nitrogens is 4. The minimum absolute atomic E-state index is 0.104. The monoisotopic (exact) mass is 481 g/mol. The summed E-state index contributed by atoms with van der Waals surface area (Å²) < 4.78 is 2.04. The molecular weight excluding hydrogens is 461 g/mol. The van der Waals surface area contributed by atoms with Gasteiger partial charge in [0.1, 0.15) is 17.2 Å². The number of hydrogen-bond acceptors (Lipinski definition) is 6. The summed E-state index contributed by atoms with van der Waals surface area (Å²) in [4.78, 5) is 29.4. The zero-order chi connectivity index (χ0) is 22.9. The van der Waals surface area contributed by atoms with Crippen LogP contribution in [-0.2, 0) is 6.54 Å². The van der Waals surface area contributed by atoms with E-state index >= 15 is 0 Å². The first-order valence-corrected chi connectivity index (χ1v) is 11.3. The predicted molar refractivity (Wildman–Crippen MR) is 129 cm³/mol. The van der Waals surface area contributed by atoms with Crippen LogP contribution in [0.15, 0.2) is 55.2 Å². The number of pyridine rings is 1. The molecule has 0 aliphatic carbocycles. The maximum absolute atomic E-state index is 12.7. The molecule has 0 radical (unpaired) electrons. The van der Waals surface area contributed by atoms with Crippen LogP contribution in [0.25, 0.3) is 16.8 Å². The Labute approximate surface area is 200 Å². The van der Waals surface area contributed by atoms with Crippen LogP contribution in [0.2, 0.25) is 10.0 Å². The third-order valence-electron chi connectivity index (χ3n) is 5.83. The average molecular weight is 482 g/mol. The number of fused-ring (bicyclic) bond motifs is 1. The Bertz CT molecular complexity index is 1320. The maximum atomic E-state index is 12.7. The van der Waals surface area contributed by atoms with E-state index in [4.69, 9.17) is 28.9 Å². The molecule has 168 valence electrons. The van der Waals surface area contributed by atoms with E-state index in [2.05, 4.69) is 19.9 Å². The second kappa shape index (κ2) is 8.97. The van der Waals surface area contributed by atoms with Crippen LogP contribution in [0, 0.1) is 0 Å². The average Bonchev–Trinajstić information content (AvgIpc) is 3.26. The van der Waals surface area contributed by atoms with Crippen molar-refractivity contribution in [3.05, 3.63) is 76.6 Å². The number of hydrogen-bond donors (Lipinski definition) is 1. The maximum Gasteiger partial charge on any atom is 0.274 e. The SMILES string of the molecule is NCc1cc2ncc(N3CCN(C(=O)c4cnccn4)CC3)n2cc1-c1ccc(Cl)cc1Cl. The van der Waals surface area contributed by atoms with E-state index < -0.39 is 0 Å². The number of nitrogens with zero attached hydrogens (tertiary/aromatic N) is 6. The summed E-state index contributed by atoms with van der Waals surface area (Å²) >= 11 is 12.6. The second-order valence-corrected chi connectivity index (χ2v) is 8.60. The number of nitrogens with two attached hydrogens (primary N) is 1. The predicted octanol–water partition coefficient (Wildman–Crippen LogP) is 3.52. The first kappa shape index (κ1) is 21.6. The minimum Gasteiger partial charge on any atom is -0.353 e. The highest BCUT2D eigenvalue weighted by Gasteiger charge is 2.25. The lowest BCUT2D eigenvalue weighted by atomic mass is 10.0. The van der Waals surface area contributed by atoms with E-state index in [0.717, 1.165) is 28.2 Å². The zero-order valence-electron chi connectivity index (χ0n) is 17.7. The summed E-state index contributed by atoms with van der Waals surface area (Å²) in [7, 11) is 0. The highest BCUT2D eigenvalue weighted by Crippen LogP contribution is 2.34. The normalized spacial score (nSPS) is 14.2. The third-order valence-corrected chi connectivity index (χ3v) is 6.38. The third kappa shape index (κ3) is 4.13. The smallest absolute Gasteiger partial charge is 0.274 e. The fraction of sp³-hybridized carbons (Fsp3) is 0.217. The molecule has 1 aliphatic rings. The molecule has 2 N–H and O–H groups in total. The number of halogens is 2. The molecule has 8 nitrogen and oxygen atoms in total. The van der Waals surface area contributed by atoms with Crippen LogP contribution in [0.1, 0.15) is 16.1 Å². The van der Waals surface area contributed by atoms with Crippen molar-refractivity contribution in [2.75, 3.05) is 31.1 Å². The summed E-state index contributed by atoms with van der Waals surface area (Å²) in [6.45, 7) is 2.87. The highest BCUT2D eigenvalue weighted by atomic mass is 35.5. The van der Waals surface area contributed by atoms with Crippen LogP contribution in [0.3, 0.4) is 0 Å². The van der Waals surface area contributed by atoms with E-state index in [9.17, 15) is 4.79 Å². The van der Waals surface area contributed by atoms with E-state index in [1.807, 2.05) is 35.0 Å². The summed E-state index contributed by atoms with van der Waals surface area (Å²) in [6, 6.07) is 7.43. The van der Waals surface area contributed by atoms with Gasteiger partial charge in [0.2, 0.25) is 0 Å². The number of carbonyl (C=O) groups is 1. The van der Waals surface area contributed by atoms with E-state index in [1.165, 1.54) is 12.4 Å². The van der Waals surface area contributed by atoms with Crippen molar-refractivity contribution >= 4 is 40.6 Å². The van der Waals surface area contributed by atoms with Gasteiger partial charge in [-0.25, -0.2) is 9.97 Å². The molecule has 0 atom stereocenters. The molecule has 0 spiro atoms. The number of anilines is 1. The number of imidazole rings is 1. The summed E-state index contributed by atoms with van der Waals surface area (Å²) in [6.07, 6.45) is 8.45. The van der Waals surface area contributed by atoms with Crippen molar-refractivity contribution < 1.29 is 4.79 Å². The van der Waals surface area contributed by atoms with Crippen LogP contribution >= 0.6 is 23.2 Å². The Kier molecular flexibility index (Phi) is 5.88. The van der Waals surface area contributed by atoms with Gasteiger partial charge in [0.25, 0.3) is 5.91 Å². The number of carbonyl (C=O) groups excluding carboxylic acids is 1. The lowest BCUT2D eigenvalue weighted by molar-refractivity contribution is 0.0740. The lowest BCUT2D eigenvalue weighted by Crippen LogP contribution is -2.49. The van der Waals surface area contributed by atoms with E-state index in [0.29, 0.717) is 48.5 Å². The summed E-state index contributed by atoms with van der Waals surface area (Å²) in [5.74, 6) is 0.847. The largest absolute Gasteiger partial charge is 0.353 e. The molecular formula is C23H21Cl2N7O. The molecule has 5 rings (SSSR count). The van der Waals surface area contributed by atoms with Crippen LogP contribution in [-0.4, -0.2) is 56.3 Å². The topological polar surface area (TPSA) is 92.6 Å². The van der Waals surface area contributed by atoms with Gasteiger partial charge in [-0.2, -0.15) is 0 Å². The Hall–Kier alpha value is -3.20. The Morgan fingerprint density at radius 2 is 1.82 bits per heavy atom. The number of benzene rings is 1. The molecule has 4 heterocycles. The number of rotatable bonds is 4. The molecule has 1 aromatic carbocycles. The van der Waals surface area contributed by atoms with Gasteiger partial charge < -0.3 is 15.5 Å². The van der Waals surface area contributed by atoms with Gasteiger partial charge >= 0.3 is 0 Å². The fourth-order valence-corrected chi connectivity index (χ4v) is 4.62. The number of amides is 1. The van der Waals surface area contributed by atoms with Crippen LogP contribution < -0.4 is 10.6 Å². The van der Waals surface area contributed by atoms with Gasteiger partial charge in [-0.3, -0.25) is 14.2 Å². The standard InChI is InChI=1S/C23H21Cl2N7O/c24-16-1-2-17(19(25)10-16)18-14-32-21(9-15(18)11-26)29-13-22(32)30-5-7-31(8-6-30)23(33)20-12-27-3-4-28-20/h1-4,9-10,12-14H,5-8,11,26H2. The summed E-state index contributed by atoms with van der Waals surface area (Å²) in [5, 5.41) is 1.14. The quantitative estimate of drug-likeness (QED) is 0.479. The van der Waals surface area contributed by atoms with Crippen molar-refractivity contribution in [1.82, 2.24) is 24.3 Å². The van der Waals surface area contributed by atoms with Crippen molar-refractivity contribution in [1.29, 1.82) is 0 Å². The first-order chi connectivity index (χ1) is 16.0. The van der Waals surface area contributed by atoms with E-state index in [1.54, 1.807) is 17.2 Å². The van der Waals surface area contributed by atoms with Gasteiger partial charge in [0, 0.05) is 72.5 Å². The molecule has 1 amide bonds. The zero-order valence-corrected chi connectivity index (χ0v) is 19.2. The van der Waals surface area contributed by atoms with Gasteiger partial charge in [-0.1, -0.05) is 29.3 Å². The molecule has 10 heteroatoms. The van der Waals surface area contributed by atoms with Gasteiger partial charge in [0.15, 0.2) is 0 Å². The summed E-state index contributed by atoms with van der Waals surface area (Å²) in [5.41, 5.74) is 9.94. The van der Waals surface area contributed by atoms with Gasteiger partial charge in [0.05, 0.1) is 12.4 Å². The molecule has 0 bridgehead atoms. The van der Waals surface area contributed by atoms with E-state index in [-0.39, 0.29) is 5.91 Å². The van der Waals surface area contributed by atoms with Crippen molar-refractivity contribution in [3.63, 3.8) is 0 Å². The molecule has 1 saturated heterocycles. The second-order valence-electron chi connectivity index (χ2n) is 7.76. The Balaban J connectivity index is 1.43. The molecule has 1 aliphatic heterocycles. The van der Waals surface area contributed by atoms with Gasteiger partial charge in [-0.15, -0.1) is 0 Å². The molecule has 0 unspecified atom stereocenters. The Morgan fingerprint density at radius 1 is 1.00 bits per heavy atom. The lowest BCUT2D eigenvalue weighted by Gasteiger charge is -2.35. The van der Waals surface area contributed by atoms with Crippen molar-refractivity contribution in [2.24, 2.45) is 5.73 Å². The first-order valence-electron chi connectivity index (χ1n) is 10.5. The van der Waals surface area contributed by atoms with Crippen molar-refractivity contribution in [3.8, 4) is 11.1 Å². The molecule has 4 aromatic rings. The molecule has 0 saturated carbocycles. The van der Waals surface area contributed by atoms with Crippen LogP contribution in [0.4, 0.5) is 5.82 Å². The molecule has 33 heavy (non-hydrogen) atoms. The number of piperazine rings is 1. The fourth-order valence-electron chi connectivity index (χ4n) is 4.11. The van der Waals surface area contributed by atoms with Gasteiger partial charge in [-0.05, 0) is 23.8 Å². The molecule has 3 aromatic heterocycles. The minimum atomic E-state index is -0.104. The highest BCUT2D eigenvalue weighted by molar-refractivity contribution is 6.36. The van der Waals surface area contributed by atoms with Crippen LogP contribution in [0.5, 0.6) is 0 Å². The van der Waals surface area contributed by atoms with Crippen molar-refractivity contribution in [2.45, 2.75) is 6.54 Å². The Morgan fingerprint density at radius 3 is 2.52 bits per heavy atom.